The lowest BCUT2D eigenvalue weighted by molar-refractivity contribution is -0.153. The fourth-order valence-corrected chi connectivity index (χ4v) is 0.906. The molecule has 0 radical (unpaired) electrons. The van der Waals surface area contributed by atoms with Gasteiger partial charge in [-0.15, -0.1) is 5.92 Å². The molecule has 96 valence electrons. The van der Waals surface area contributed by atoms with Gasteiger partial charge in [0.05, 0.1) is 0 Å². The molecule has 0 nitrogen and oxygen atoms in total. The van der Waals surface area contributed by atoms with Gasteiger partial charge in [0.1, 0.15) is 5.92 Å². The van der Waals surface area contributed by atoms with Gasteiger partial charge in [0.2, 0.25) is 0 Å². The maximum atomic E-state index is 12.0. The normalized spacial score (nSPS) is 12.3. The SMILES string of the molecule is CC.CC(C)CCCC#CC(C)C(F)(F)F. The Balaban J connectivity index is 0. The maximum Gasteiger partial charge on any atom is 0.402 e. The molecule has 16 heavy (non-hydrogen) atoms. The Hall–Kier alpha value is -0.650. The molecule has 0 fully saturated rings. The van der Waals surface area contributed by atoms with Gasteiger partial charge in [0, 0.05) is 6.42 Å². The quantitative estimate of drug-likeness (QED) is 0.475. The molecule has 0 saturated heterocycles. The highest BCUT2D eigenvalue weighted by Gasteiger charge is 2.34. The standard InChI is InChI=1S/C11H17F3.C2H6/c1-9(2)7-5-4-6-8-10(3)11(12,13)14;1-2/h9-10H,4-5,7H2,1-3H3;1-2H3. The number of hydrogen-bond acceptors (Lipinski definition) is 0. The highest BCUT2D eigenvalue weighted by atomic mass is 19.4. The maximum absolute atomic E-state index is 12.0. The molecule has 0 N–H and O–H groups in total. The van der Waals surface area contributed by atoms with Crippen molar-refractivity contribution in [1.29, 1.82) is 0 Å². The molecular formula is C13H23F3. The minimum Gasteiger partial charge on any atom is -0.170 e. The topological polar surface area (TPSA) is 0 Å². The highest BCUT2D eigenvalue weighted by molar-refractivity contribution is 5.04. The van der Waals surface area contributed by atoms with Crippen LogP contribution in [0.1, 0.15) is 53.9 Å². The van der Waals surface area contributed by atoms with Crippen LogP contribution in [0.25, 0.3) is 0 Å². The third kappa shape index (κ3) is 11.4. The average Bonchev–Trinajstić information content (AvgIpc) is 2.18. The lowest BCUT2D eigenvalue weighted by Crippen LogP contribution is -2.17. The van der Waals surface area contributed by atoms with E-state index in [1.54, 1.807) is 0 Å². The largest absolute Gasteiger partial charge is 0.402 e. The van der Waals surface area contributed by atoms with Crippen molar-refractivity contribution in [3.63, 3.8) is 0 Å². The fourth-order valence-electron chi connectivity index (χ4n) is 0.906. The second-order valence-corrected chi connectivity index (χ2v) is 3.87. The van der Waals surface area contributed by atoms with Crippen LogP contribution in [0, 0.1) is 23.7 Å². The smallest absolute Gasteiger partial charge is 0.170 e. The predicted molar refractivity (Wildman–Crippen MR) is 63.0 cm³/mol. The summed E-state index contributed by atoms with van der Waals surface area (Å²) in [5.41, 5.74) is 0. The first-order chi connectivity index (χ1) is 7.34. The van der Waals surface area contributed by atoms with Gasteiger partial charge in [-0.05, 0) is 19.3 Å². The second-order valence-electron chi connectivity index (χ2n) is 3.87. The minimum absolute atomic E-state index is 0.568. The molecule has 0 rings (SSSR count). The molecule has 0 aliphatic carbocycles. The summed E-state index contributed by atoms with van der Waals surface area (Å²) < 4.78 is 36.0. The van der Waals surface area contributed by atoms with Crippen molar-refractivity contribution < 1.29 is 13.2 Å². The zero-order chi connectivity index (χ0) is 13.2. The summed E-state index contributed by atoms with van der Waals surface area (Å²) in [6.45, 7) is 9.27. The zero-order valence-electron chi connectivity index (χ0n) is 10.9. The molecule has 1 unspecified atom stereocenters. The lowest BCUT2D eigenvalue weighted by atomic mass is 10.1. The van der Waals surface area contributed by atoms with Gasteiger partial charge in [-0.2, -0.15) is 13.2 Å². The summed E-state index contributed by atoms with van der Waals surface area (Å²) in [7, 11) is 0. The van der Waals surface area contributed by atoms with E-state index in [9.17, 15) is 13.2 Å². The summed E-state index contributed by atoms with van der Waals surface area (Å²) in [5.74, 6) is 3.89. The van der Waals surface area contributed by atoms with E-state index in [4.69, 9.17) is 0 Å². The van der Waals surface area contributed by atoms with Crippen molar-refractivity contribution in [2.45, 2.75) is 60.1 Å². The molecule has 0 aromatic heterocycles. The van der Waals surface area contributed by atoms with Gasteiger partial charge < -0.3 is 0 Å². The Morgan fingerprint density at radius 2 is 1.56 bits per heavy atom. The van der Waals surface area contributed by atoms with Crippen molar-refractivity contribution in [2.24, 2.45) is 11.8 Å². The van der Waals surface area contributed by atoms with Crippen LogP contribution in [-0.4, -0.2) is 6.18 Å². The minimum atomic E-state index is -4.18. The molecule has 0 amide bonds. The van der Waals surface area contributed by atoms with E-state index in [-0.39, 0.29) is 0 Å². The van der Waals surface area contributed by atoms with E-state index < -0.39 is 12.1 Å². The van der Waals surface area contributed by atoms with Crippen LogP contribution >= 0.6 is 0 Å². The number of halogens is 3. The molecule has 0 aliphatic rings. The summed E-state index contributed by atoms with van der Waals surface area (Å²) in [6, 6.07) is 0. The van der Waals surface area contributed by atoms with Crippen molar-refractivity contribution in [3.05, 3.63) is 0 Å². The number of unbranched alkanes of at least 4 members (excludes halogenated alkanes) is 1. The van der Waals surface area contributed by atoms with Gasteiger partial charge in [0.15, 0.2) is 0 Å². The van der Waals surface area contributed by atoms with Crippen molar-refractivity contribution >= 4 is 0 Å². The predicted octanol–water partition coefficient (Wildman–Crippen LogP) is 5.04. The van der Waals surface area contributed by atoms with Gasteiger partial charge >= 0.3 is 6.18 Å². The van der Waals surface area contributed by atoms with Gasteiger partial charge in [-0.25, -0.2) is 0 Å². The molecule has 0 aromatic rings. The van der Waals surface area contributed by atoms with Gasteiger partial charge in [-0.1, -0.05) is 40.0 Å². The number of hydrogen-bond donors (Lipinski definition) is 0. The van der Waals surface area contributed by atoms with Crippen molar-refractivity contribution in [2.75, 3.05) is 0 Å². The van der Waals surface area contributed by atoms with Gasteiger partial charge in [-0.3, -0.25) is 0 Å². The molecule has 0 saturated carbocycles. The van der Waals surface area contributed by atoms with Crippen molar-refractivity contribution in [1.82, 2.24) is 0 Å². The monoisotopic (exact) mass is 236 g/mol. The van der Waals surface area contributed by atoms with Crippen LogP contribution in [0.5, 0.6) is 0 Å². The Bertz CT molecular complexity index is 205. The summed E-state index contributed by atoms with van der Waals surface area (Å²) in [6.07, 6.45) is -1.70. The third-order valence-corrected chi connectivity index (χ3v) is 1.89. The van der Waals surface area contributed by atoms with E-state index in [1.807, 2.05) is 13.8 Å². The lowest BCUT2D eigenvalue weighted by Gasteiger charge is -2.08. The average molecular weight is 236 g/mol. The van der Waals surface area contributed by atoms with Crippen molar-refractivity contribution in [3.8, 4) is 11.8 Å². The van der Waals surface area contributed by atoms with Crippen LogP contribution in [0.4, 0.5) is 13.2 Å². The zero-order valence-corrected chi connectivity index (χ0v) is 10.9. The van der Waals surface area contributed by atoms with E-state index in [0.29, 0.717) is 12.3 Å². The molecule has 1 atom stereocenters. The Morgan fingerprint density at radius 1 is 1.06 bits per heavy atom. The van der Waals surface area contributed by atoms with E-state index in [1.165, 1.54) is 0 Å². The third-order valence-electron chi connectivity index (χ3n) is 1.89. The Kier molecular flexibility index (Phi) is 10.6. The molecule has 3 heteroatoms. The molecule has 0 aromatic carbocycles. The summed E-state index contributed by atoms with van der Waals surface area (Å²) >= 11 is 0. The summed E-state index contributed by atoms with van der Waals surface area (Å²) in [4.78, 5) is 0. The second kappa shape index (κ2) is 9.57. The van der Waals surface area contributed by atoms with Crippen LogP contribution < -0.4 is 0 Å². The number of rotatable bonds is 3. The van der Waals surface area contributed by atoms with Crippen LogP contribution in [0.3, 0.4) is 0 Å². The number of alkyl halides is 3. The van der Waals surface area contributed by atoms with E-state index in [0.717, 1.165) is 19.8 Å². The summed E-state index contributed by atoms with van der Waals surface area (Å²) in [5, 5.41) is 0. The molecule has 0 heterocycles. The first-order valence-electron chi connectivity index (χ1n) is 5.89. The fraction of sp³-hybridized carbons (Fsp3) is 0.846. The van der Waals surface area contributed by atoms with Crippen LogP contribution in [0.15, 0.2) is 0 Å². The van der Waals surface area contributed by atoms with Crippen LogP contribution in [-0.2, 0) is 0 Å². The van der Waals surface area contributed by atoms with Gasteiger partial charge in [0.25, 0.3) is 0 Å². The first-order valence-corrected chi connectivity index (χ1v) is 5.89. The molecule has 0 bridgehead atoms. The molecule has 0 aliphatic heterocycles. The van der Waals surface area contributed by atoms with E-state index in [2.05, 4.69) is 25.7 Å². The first kappa shape index (κ1) is 17.7. The van der Waals surface area contributed by atoms with E-state index >= 15 is 0 Å². The molecular weight excluding hydrogens is 213 g/mol. The Morgan fingerprint density at radius 3 is 1.94 bits per heavy atom. The highest BCUT2D eigenvalue weighted by Crippen LogP contribution is 2.24. The Labute approximate surface area is 97.6 Å². The molecule has 0 spiro atoms. The van der Waals surface area contributed by atoms with Crippen LogP contribution in [0.2, 0.25) is 0 Å².